The van der Waals surface area contributed by atoms with Crippen LogP contribution in [0.2, 0.25) is 0 Å². The maximum atomic E-state index is 11.7. The number of piperidine rings is 1. The molecule has 1 aromatic rings. The van der Waals surface area contributed by atoms with E-state index in [2.05, 4.69) is 53.1 Å². The summed E-state index contributed by atoms with van der Waals surface area (Å²) in [6, 6.07) is 8.76. The normalized spacial score (nSPS) is 20.9. The van der Waals surface area contributed by atoms with Crippen LogP contribution in [0, 0.1) is 11.8 Å². The van der Waals surface area contributed by atoms with E-state index in [1.54, 1.807) is 13.8 Å². The van der Waals surface area contributed by atoms with E-state index in [-0.39, 0.29) is 5.25 Å². The first-order chi connectivity index (χ1) is 12.8. The van der Waals surface area contributed by atoms with Crippen molar-refractivity contribution in [3.8, 4) is 0 Å². The van der Waals surface area contributed by atoms with Crippen molar-refractivity contribution in [2.45, 2.75) is 58.6 Å². The minimum Gasteiger partial charge on any atom is -0.385 e. The molecule has 1 saturated heterocycles. The van der Waals surface area contributed by atoms with Crippen LogP contribution in [0.15, 0.2) is 24.3 Å². The minimum absolute atomic E-state index is 0.363. The van der Waals surface area contributed by atoms with E-state index in [0.29, 0.717) is 6.54 Å². The SMILES string of the molecule is CC(C)S(=O)(=O)NCCCCCNc1ccc(N2C[C@H](C)C[C@@H](C)C2)cc1. The Labute approximate surface area is 166 Å². The third-order valence-corrected chi connectivity index (χ3v) is 7.06. The van der Waals surface area contributed by atoms with Gasteiger partial charge < -0.3 is 10.2 Å². The average molecular weight is 396 g/mol. The number of anilines is 2. The van der Waals surface area contributed by atoms with Crippen LogP contribution in [-0.2, 0) is 10.0 Å². The lowest BCUT2D eigenvalue weighted by Gasteiger charge is -2.36. The van der Waals surface area contributed by atoms with Gasteiger partial charge in [0.1, 0.15) is 0 Å². The molecule has 0 bridgehead atoms. The van der Waals surface area contributed by atoms with Crippen LogP contribution >= 0.6 is 0 Å². The molecule has 1 aromatic carbocycles. The topological polar surface area (TPSA) is 61.4 Å². The summed E-state index contributed by atoms with van der Waals surface area (Å²) < 4.78 is 26.0. The Bertz CT molecular complexity index is 649. The number of nitrogens with zero attached hydrogens (tertiary/aromatic N) is 1. The average Bonchev–Trinajstić information content (AvgIpc) is 2.60. The zero-order valence-electron chi connectivity index (χ0n) is 17.4. The molecule has 0 aromatic heterocycles. The highest BCUT2D eigenvalue weighted by Gasteiger charge is 2.21. The fraction of sp³-hybridized carbons (Fsp3) is 0.714. The molecule has 2 N–H and O–H groups in total. The summed E-state index contributed by atoms with van der Waals surface area (Å²) in [7, 11) is -3.12. The lowest BCUT2D eigenvalue weighted by atomic mass is 9.91. The van der Waals surface area contributed by atoms with E-state index in [0.717, 1.165) is 56.4 Å². The maximum Gasteiger partial charge on any atom is 0.213 e. The predicted molar refractivity (Wildman–Crippen MR) is 116 cm³/mol. The van der Waals surface area contributed by atoms with Gasteiger partial charge in [-0.15, -0.1) is 0 Å². The smallest absolute Gasteiger partial charge is 0.213 e. The molecular formula is C21H37N3O2S. The fourth-order valence-corrected chi connectivity index (χ4v) is 4.47. The van der Waals surface area contributed by atoms with Gasteiger partial charge in [0.2, 0.25) is 10.0 Å². The van der Waals surface area contributed by atoms with Gasteiger partial charge in [0.05, 0.1) is 5.25 Å². The number of hydrogen-bond donors (Lipinski definition) is 2. The van der Waals surface area contributed by atoms with E-state index in [1.165, 1.54) is 12.1 Å². The molecule has 0 spiro atoms. The molecular weight excluding hydrogens is 358 g/mol. The number of hydrogen-bond acceptors (Lipinski definition) is 4. The second-order valence-electron chi connectivity index (χ2n) is 8.37. The summed E-state index contributed by atoms with van der Waals surface area (Å²) >= 11 is 0. The third kappa shape index (κ3) is 7.34. The second kappa shape index (κ2) is 10.3. The van der Waals surface area contributed by atoms with Crippen molar-refractivity contribution in [2.24, 2.45) is 11.8 Å². The van der Waals surface area contributed by atoms with Gasteiger partial charge in [-0.3, -0.25) is 0 Å². The molecule has 1 aliphatic rings. The van der Waals surface area contributed by atoms with Crippen LogP contribution in [0.3, 0.4) is 0 Å². The molecule has 6 heteroatoms. The quantitative estimate of drug-likeness (QED) is 0.586. The van der Waals surface area contributed by atoms with Crippen LogP contribution in [0.5, 0.6) is 0 Å². The standard InChI is InChI=1S/C21H37N3O2S/c1-17(2)27(25,26)23-13-7-5-6-12-22-20-8-10-21(11-9-20)24-15-18(3)14-19(4)16-24/h8-11,17-19,22-23H,5-7,12-16H2,1-4H3/t18-,19-/m1/s1. The first-order valence-electron chi connectivity index (χ1n) is 10.4. The van der Waals surface area contributed by atoms with Crippen molar-refractivity contribution in [2.75, 3.05) is 36.4 Å². The molecule has 0 aliphatic carbocycles. The van der Waals surface area contributed by atoms with E-state index < -0.39 is 10.0 Å². The van der Waals surface area contributed by atoms with Crippen LogP contribution in [0.4, 0.5) is 11.4 Å². The molecule has 27 heavy (non-hydrogen) atoms. The van der Waals surface area contributed by atoms with Crippen LogP contribution in [-0.4, -0.2) is 39.8 Å². The first kappa shape index (κ1) is 22.0. The highest BCUT2D eigenvalue weighted by Crippen LogP contribution is 2.27. The molecule has 0 unspecified atom stereocenters. The van der Waals surface area contributed by atoms with Crippen LogP contribution < -0.4 is 14.9 Å². The highest BCUT2D eigenvalue weighted by atomic mass is 32.2. The molecule has 1 aliphatic heterocycles. The first-order valence-corrected chi connectivity index (χ1v) is 11.9. The zero-order valence-corrected chi connectivity index (χ0v) is 18.2. The lowest BCUT2D eigenvalue weighted by Crippen LogP contribution is -2.38. The second-order valence-corrected chi connectivity index (χ2v) is 10.7. The molecule has 0 saturated carbocycles. The Morgan fingerprint density at radius 1 is 1.00 bits per heavy atom. The van der Waals surface area contributed by atoms with Crippen molar-refractivity contribution in [1.82, 2.24) is 4.72 Å². The van der Waals surface area contributed by atoms with Crippen molar-refractivity contribution in [3.63, 3.8) is 0 Å². The number of rotatable bonds is 10. The maximum absolute atomic E-state index is 11.7. The van der Waals surface area contributed by atoms with Gasteiger partial charge in [-0.05, 0) is 69.2 Å². The zero-order chi connectivity index (χ0) is 19.9. The van der Waals surface area contributed by atoms with E-state index >= 15 is 0 Å². The largest absolute Gasteiger partial charge is 0.385 e. The van der Waals surface area contributed by atoms with Gasteiger partial charge in [0.25, 0.3) is 0 Å². The lowest BCUT2D eigenvalue weighted by molar-refractivity contribution is 0.357. The van der Waals surface area contributed by atoms with Gasteiger partial charge >= 0.3 is 0 Å². The number of sulfonamides is 1. The van der Waals surface area contributed by atoms with Gasteiger partial charge in [-0.25, -0.2) is 13.1 Å². The van der Waals surface area contributed by atoms with Crippen LogP contribution in [0.1, 0.15) is 53.4 Å². The molecule has 1 heterocycles. The Kier molecular flexibility index (Phi) is 8.42. The third-order valence-electron chi connectivity index (χ3n) is 5.21. The Balaban J connectivity index is 1.64. The van der Waals surface area contributed by atoms with Gasteiger partial charge in [-0.1, -0.05) is 20.3 Å². The molecule has 1 fully saturated rings. The molecule has 0 amide bonds. The fourth-order valence-electron chi connectivity index (χ4n) is 3.70. The summed E-state index contributed by atoms with van der Waals surface area (Å²) in [5.74, 6) is 1.52. The van der Waals surface area contributed by atoms with Crippen LogP contribution in [0.25, 0.3) is 0 Å². The summed E-state index contributed by atoms with van der Waals surface area (Å²) in [6.45, 7) is 11.8. The molecule has 154 valence electrons. The number of nitrogens with one attached hydrogen (secondary N) is 2. The van der Waals surface area contributed by atoms with Gasteiger partial charge in [0.15, 0.2) is 0 Å². The van der Waals surface area contributed by atoms with E-state index in [4.69, 9.17) is 0 Å². The van der Waals surface area contributed by atoms with Crippen molar-refractivity contribution in [3.05, 3.63) is 24.3 Å². The summed E-state index contributed by atoms with van der Waals surface area (Å²) in [6.07, 6.45) is 4.24. The highest BCUT2D eigenvalue weighted by molar-refractivity contribution is 7.90. The minimum atomic E-state index is -3.12. The Morgan fingerprint density at radius 2 is 1.59 bits per heavy atom. The molecule has 2 atom stereocenters. The summed E-state index contributed by atoms with van der Waals surface area (Å²) in [5, 5.41) is 3.10. The van der Waals surface area contributed by atoms with Crippen molar-refractivity contribution >= 4 is 21.4 Å². The predicted octanol–water partition coefficient (Wildman–Crippen LogP) is 4.08. The summed E-state index contributed by atoms with van der Waals surface area (Å²) in [5.41, 5.74) is 2.47. The van der Waals surface area contributed by atoms with Crippen molar-refractivity contribution < 1.29 is 8.42 Å². The molecule has 2 rings (SSSR count). The summed E-state index contributed by atoms with van der Waals surface area (Å²) in [4.78, 5) is 2.50. The Morgan fingerprint density at radius 3 is 2.19 bits per heavy atom. The van der Waals surface area contributed by atoms with Crippen molar-refractivity contribution in [1.29, 1.82) is 0 Å². The van der Waals surface area contributed by atoms with E-state index in [9.17, 15) is 8.42 Å². The number of benzene rings is 1. The van der Waals surface area contributed by atoms with Gasteiger partial charge in [0, 0.05) is 37.6 Å². The number of unbranched alkanes of at least 4 members (excludes halogenated alkanes) is 2. The Hall–Kier alpha value is -1.27. The van der Waals surface area contributed by atoms with E-state index in [1.807, 2.05) is 0 Å². The monoisotopic (exact) mass is 395 g/mol. The molecule has 0 radical (unpaired) electrons. The molecule has 5 nitrogen and oxygen atoms in total. The van der Waals surface area contributed by atoms with Gasteiger partial charge in [-0.2, -0.15) is 0 Å².